The zero-order valence-electron chi connectivity index (χ0n) is 15.4. The van der Waals surface area contributed by atoms with Crippen LogP contribution in [0.2, 0.25) is 0 Å². The normalized spacial score (nSPS) is 29.0. The number of carbonyl (C=O) groups excluding carboxylic acids is 4. The second kappa shape index (κ2) is 7.00. The minimum Gasteiger partial charge on any atom is -0.454 e. The van der Waals surface area contributed by atoms with Crippen molar-refractivity contribution in [1.29, 1.82) is 0 Å². The van der Waals surface area contributed by atoms with Gasteiger partial charge in [0.05, 0.1) is 11.8 Å². The number of ether oxygens (including phenoxy) is 1. The van der Waals surface area contributed by atoms with Gasteiger partial charge >= 0.3 is 5.97 Å². The summed E-state index contributed by atoms with van der Waals surface area (Å²) in [5.41, 5.74) is 0.365. The molecular formula is C20H21FN2O5. The van der Waals surface area contributed by atoms with Gasteiger partial charge in [-0.3, -0.25) is 19.3 Å². The highest BCUT2D eigenvalue weighted by Gasteiger charge is 2.62. The van der Waals surface area contributed by atoms with Gasteiger partial charge < -0.3 is 10.1 Å². The Morgan fingerprint density at radius 1 is 1.14 bits per heavy atom. The van der Waals surface area contributed by atoms with E-state index in [1.54, 1.807) is 0 Å². The first-order valence-electron chi connectivity index (χ1n) is 9.45. The number of amides is 3. The van der Waals surface area contributed by atoms with Crippen molar-refractivity contribution in [3.63, 3.8) is 0 Å². The fraction of sp³-hybridized carbons (Fsp3) is 0.500. The van der Waals surface area contributed by atoms with E-state index in [-0.39, 0.29) is 35.5 Å². The molecule has 0 unspecified atom stereocenters. The number of anilines is 1. The van der Waals surface area contributed by atoms with Crippen molar-refractivity contribution in [2.24, 2.45) is 23.7 Å². The molecule has 0 radical (unpaired) electrons. The average molecular weight is 388 g/mol. The molecule has 1 aromatic carbocycles. The number of carbonyl (C=O) groups is 4. The summed E-state index contributed by atoms with van der Waals surface area (Å²) in [6, 6.07) is 4.08. The van der Waals surface area contributed by atoms with E-state index < -0.39 is 30.3 Å². The van der Waals surface area contributed by atoms with Crippen molar-refractivity contribution in [2.75, 3.05) is 11.9 Å². The van der Waals surface area contributed by atoms with Gasteiger partial charge in [0, 0.05) is 5.69 Å². The van der Waals surface area contributed by atoms with E-state index in [4.69, 9.17) is 4.74 Å². The topological polar surface area (TPSA) is 92.8 Å². The summed E-state index contributed by atoms with van der Waals surface area (Å²) >= 11 is 0. The van der Waals surface area contributed by atoms with Crippen LogP contribution in [0.3, 0.4) is 0 Å². The number of nitrogens with one attached hydrogen (secondary N) is 1. The van der Waals surface area contributed by atoms with Gasteiger partial charge in [0.15, 0.2) is 6.61 Å². The van der Waals surface area contributed by atoms with Gasteiger partial charge in [-0.05, 0) is 62.3 Å². The Balaban J connectivity index is 1.33. The first-order chi connectivity index (χ1) is 13.4. The number of nitrogens with zero attached hydrogens (tertiary/aromatic N) is 1. The van der Waals surface area contributed by atoms with Crippen LogP contribution in [0.4, 0.5) is 10.1 Å². The van der Waals surface area contributed by atoms with Gasteiger partial charge in [0.1, 0.15) is 11.9 Å². The second-order valence-electron chi connectivity index (χ2n) is 7.77. The number of hydrogen-bond acceptors (Lipinski definition) is 5. The molecule has 1 aromatic rings. The number of esters is 1. The van der Waals surface area contributed by atoms with Crippen molar-refractivity contribution < 1.29 is 28.3 Å². The summed E-state index contributed by atoms with van der Waals surface area (Å²) in [6.45, 7) is 0.883. The molecule has 2 aliphatic carbocycles. The summed E-state index contributed by atoms with van der Waals surface area (Å²) in [5.74, 6) is -2.54. The molecule has 8 heteroatoms. The lowest BCUT2D eigenvalue weighted by Gasteiger charge is -2.23. The van der Waals surface area contributed by atoms with Crippen molar-refractivity contribution in [3.05, 3.63) is 30.1 Å². The minimum atomic E-state index is -1.07. The molecule has 2 saturated carbocycles. The predicted molar refractivity (Wildman–Crippen MR) is 95.1 cm³/mol. The van der Waals surface area contributed by atoms with Crippen LogP contribution in [0.1, 0.15) is 26.2 Å². The third kappa shape index (κ3) is 3.06. The molecule has 7 nitrogen and oxygen atoms in total. The average Bonchev–Trinajstić information content (AvgIpc) is 3.35. The molecule has 1 heterocycles. The molecule has 3 amide bonds. The zero-order valence-corrected chi connectivity index (χ0v) is 15.4. The number of hydrogen-bond donors (Lipinski definition) is 1. The number of rotatable bonds is 5. The Labute approximate surface area is 161 Å². The van der Waals surface area contributed by atoms with Crippen molar-refractivity contribution in [1.82, 2.24) is 4.90 Å². The van der Waals surface area contributed by atoms with Crippen LogP contribution in [-0.2, 0) is 23.9 Å². The Bertz CT molecular complexity index is 812. The molecule has 5 atom stereocenters. The van der Waals surface area contributed by atoms with Crippen LogP contribution in [-0.4, -0.2) is 41.2 Å². The van der Waals surface area contributed by atoms with Gasteiger partial charge in [-0.15, -0.1) is 0 Å². The Hall–Kier alpha value is -2.77. The summed E-state index contributed by atoms with van der Waals surface area (Å²) < 4.78 is 17.9. The third-order valence-corrected chi connectivity index (χ3v) is 6.16. The van der Waals surface area contributed by atoms with E-state index in [2.05, 4.69) is 5.32 Å². The molecule has 1 aliphatic heterocycles. The molecule has 1 N–H and O–H groups in total. The standard InChI is InChI=1S/C20H21FN2O5/c1-10(20(27)28-9-15(24)22-14-6-4-13(21)5-7-14)23-18(25)16-11-2-3-12(8-11)17(16)19(23)26/h4-7,10-12,16-17H,2-3,8-9H2,1H3,(H,22,24)/t10-,11-,12+,16+,17+/m1/s1. The van der Waals surface area contributed by atoms with Crippen LogP contribution < -0.4 is 5.32 Å². The lowest BCUT2D eigenvalue weighted by Crippen LogP contribution is -2.45. The van der Waals surface area contributed by atoms with Crippen molar-refractivity contribution in [2.45, 2.75) is 32.2 Å². The lowest BCUT2D eigenvalue weighted by molar-refractivity contribution is -0.159. The van der Waals surface area contributed by atoms with Gasteiger partial charge in [0.2, 0.25) is 11.8 Å². The van der Waals surface area contributed by atoms with E-state index in [9.17, 15) is 23.6 Å². The monoisotopic (exact) mass is 388 g/mol. The maximum Gasteiger partial charge on any atom is 0.329 e. The third-order valence-electron chi connectivity index (χ3n) is 6.16. The van der Waals surface area contributed by atoms with Gasteiger partial charge in [-0.1, -0.05) is 0 Å². The Morgan fingerprint density at radius 3 is 2.29 bits per heavy atom. The van der Waals surface area contributed by atoms with Gasteiger partial charge in [-0.2, -0.15) is 0 Å². The molecular weight excluding hydrogens is 367 g/mol. The van der Waals surface area contributed by atoms with Gasteiger partial charge in [0.25, 0.3) is 5.91 Å². The predicted octanol–water partition coefficient (Wildman–Crippen LogP) is 1.73. The van der Waals surface area contributed by atoms with Crippen LogP contribution >= 0.6 is 0 Å². The van der Waals surface area contributed by atoms with Crippen molar-refractivity contribution >= 4 is 29.4 Å². The van der Waals surface area contributed by atoms with Crippen molar-refractivity contribution in [3.8, 4) is 0 Å². The highest BCUT2D eigenvalue weighted by molar-refractivity contribution is 6.08. The largest absolute Gasteiger partial charge is 0.454 e. The smallest absolute Gasteiger partial charge is 0.329 e. The summed E-state index contributed by atoms with van der Waals surface area (Å²) in [6.07, 6.45) is 2.84. The summed E-state index contributed by atoms with van der Waals surface area (Å²) in [5, 5.41) is 2.47. The van der Waals surface area contributed by atoms with E-state index in [1.165, 1.54) is 31.2 Å². The molecule has 1 saturated heterocycles. The number of likely N-dealkylation sites (tertiary alicyclic amines) is 1. The van der Waals surface area contributed by atoms with Crippen LogP contribution in [0, 0.1) is 29.5 Å². The van der Waals surface area contributed by atoms with E-state index in [1.807, 2.05) is 0 Å². The van der Waals surface area contributed by atoms with E-state index >= 15 is 0 Å². The van der Waals surface area contributed by atoms with Gasteiger partial charge in [-0.25, -0.2) is 9.18 Å². The number of fused-ring (bicyclic) bond motifs is 5. The molecule has 0 aromatic heterocycles. The molecule has 28 heavy (non-hydrogen) atoms. The minimum absolute atomic E-state index is 0.237. The summed E-state index contributed by atoms with van der Waals surface area (Å²) in [4.78, 5) is 50.7. The first-order valence-corrected chi connectivity index (χ1v) is 9.45. The summed E-state index contributed by atoms with van der Waals surface area (Å²) in [7, 11) is 0. The molecule has 3 aliphatic rings. The van der Waals surface area contributed by atoms with E-state index in [0.717, 1.165) is 24.2 Å². The fourth-order valence-corrected chi connectivity index (χ4v) is 4.91. The number of halogens is 1. The number of benzene rings is 1. The first kappa shape index (κ1) is 18.6. The Kier molecular flexibility index (Phi) is 4.64. The maximum absolute atomic E-state index is 12.9. The molecule has 4 rings (SSSR count). The maximum atomic E-state index is 12.9. The SMILES string of the molecule is C[C@H](C(=O)OCC(=O)Nc1ccc(F)cc1)N1C(=O)[C@H]2[C@@H]3CC[C@@H](C3)[C@@H]2C1=O. The highest BCUT2D eigenvalue weighted by Crippen LogP contribution is 2.56. The molecule has 2 bridgehead atoms. The van der Waals surface area contributed by atoms with Crippen LogP contribution in [0.15, 0.2) is 24.3 Å². The van der Waals surface area contributed by atoms with Crippen LogP contribution in [0.5, 0.6) is 0 Å². The highest BCUT2D eigenvalue weighted by atomic mass is 19.1. The van der Waals surface area contributed by atoms with Crippen LogP contribution in [0.25, 0.3) is 0 Å². The quantitative estimate of drug-likeness (QED) is 0.613. The molecule has 148 valence electrons. The zero-order chi connectivity index (χ0) is 20.0. The Morgan fingerprint density at radius 2 is 1.71 bits per heavy atom. The fourth-order valence-electron chi connectivity index (χ4n) is 4.91. The van der Waals surface area contributed by atoms with E-state index in [0.29, 0.717) is 5.69 Å². The molecule has 0 spiro atoms. The lowest BCUT2D eigenvalue weighted by atomic mass is 9.81. The molecule has 3 fully saturated rings. The second-order valence-corrected chi connectivity index (χ2v) is 7.77. The number of imide groups is 1.